The largest absolute Gasteiger partial charge is 0.378 e. The summed E-state index contributed by atoms with van der Waals surface area (Å²) in [5.41, 5.74) is 3.83. The molecule has 0 bridgehead atoms. The molecule has 1 amide bonds. The number of carbonyl (C=O) groups excluding carboxylic acids is 1. The van der Waals surface area contributed by atoms with Crippen LogP contribution in [0.5, 0.6) is 0 Å². The highest BCUT2D eigenvalue weighted by molar-refractivity contribution is 5.93. The molecule has 0 radical (unpaired) electrons. The molecule has 4 rings (SSSR count). The highest BCUT2D eigenvalue weighted by Gasteiger charge is 2.27. The van der Waals surface area contributed by atoms with Gasteiger partial charge in [0.25, 0.3) is 5.91 Å². The van der Waals surface area contributed by atoms with Gasteiger partial charge in [-0.1, -0.05) is 0 Å². The summed E-state index contributed by atoms with van der Waals surface area (Å²) in [7, 11) is 0. The summed E-state index contributed by atoms with van der Waals surface area (Å²) in [5, 5.41) is 4.63. The number of carbonyl (C=O) groups is 1. The van der Waals surface area contributed by atoms with E-state index >= 15 is 0 Å². The Hall–Kier alpha value is -2.41. The maximum absolute atomic E-state index is 12.7. The van der Waals surface area contributed by atoms with Gasteiger partial charge < -0.3 is 14.5 Å². The van der Waals surface area contributed by atoms with E-state index in [-0.39, 0.29) is 5.91 Å². The van der Waals surface area contributed by atoms with Crippen molar-refractivity contribution in [3.63, 3.8) is 0 Å². The topological polar surface area (TPSA) is 63.5 Å². The predicted molar refractivity (Wildman–Crippen MR) is 98.5 cm³/mol. The van der Waals surface area contributed by atoms with Crippen LogP contribution in [-0.4, -0.2) is 65.0 Å². The first-order chi connectivity index (χ1) is 12.6. The van der Waals surface area contributed by atoms with Crippen molar-refractivity contribution in [3.8, 4) is 0 Å². The van der Waals surface area contributed by atoms with Gasteiger partial charge in [0.05, 0.1) is 24.9 Å². The Kier molecular flexibility index (Phi) is 4.63. The molecule has 0 aromatic carbocycles. The Morgan fingerprint density at radius 1 is 1.19 bits per heavy atom. The maximum Gasteiger partial charge on any atom is 0.272 e. The third kappa shape index (κ3) is 3.31. The second-order valence-corrected chi connectivity index (χ2v) is 7.06. The third-order valence-electron chi connectivity index (χ3n) is 5.18. The lowest BCUT2D eigenvalue weighted by molar-refractivity contribution is 0.0299. The Morgan fingerprint density at radius 2 is 2.00 bits per heavy atom. The van der Waals surface area contributed by atoms with E-state index in [1.165, 1.54) is 5.69 Å². The van der Waals surface area contributed by atoms with Gasteiger partial charge in [0.1, 0.15) is 5.69 Å². The number of ether oxygens (including phenoxy) is 1. The third-order valence-corrected chi connectivity index (χ3v) is 5.18. The second kappa shape index (κ2) is 7.07. The lowest BCUT2D eigenvalue weighted by Gasteiger charge is -2.27. The Bertz CT molecular complexity index is 797. The van der Waals surface area contributed by atoms with Crippen LogP contribution in [0.1, 0.15) is 34.3 Å². The van der Waals surface area contributed by atoms with Gasteiger partial charge in [-0.2, -0.15) is 5.10 Å². The van der Waals surface area contributed by atoms with Crippen LogP contribution in [-0.2, 0) is 4.74 Å². The van der Waals surface area contributed by atoms with Crippen molar-refractivity contribution >= 4 is 11.6 Å². The molecule has 2 aromatic rings. The van der Waals surface area contributed by atoms with Crippen molar-refractivity contribution in [2.24, 2.45) is 0 Å². The number of nitrogens with zero attached hydrogens (tertiary/aromatic N) is 5. The summed E-state index contributed by atoms with van der Waals surface area (Å²) in [6.45, 7) is 8.46. The van der Waals surface area contributed by atoms with Gasteiger partial charge in [0.15, 0.2) is 0 Å². The number of hydrogen-bond donors (Lipinski definition) is 0. The summed E-state index contributed by atoms with van der Waals surface area (Å²) >= 11 is 0. The summed E-state index contributed by atoms with van der Waals surface area (Å²) < 4.78 is 7.46. The monoisotopic (exact) mass is 355 g/mol. The van der Waals surface area contributed by atoms with Gasteiger partial charge in [0.2, 0.25) is 0 Å². The molecule has 2 saturated heterocycles. The molecular weight excluding hydrogens is 330 g/mol. The average molecular weight is 355 g/mol. The first-order valence-corrected chi connectivity index (χ1v) is 9.22. The summed E-state index contributed by atoms with van der Waals surface area (Å²) in [4.78, 5) is 21.1. The standard InChI is InChI=1S/C19H25N5O2/c1-14-11-15(2)24(21-14)17-4-6-23(13-17)16-3-5-20-18(12-16)19(25)22-7-9-26-10-8-22/h3,5,11-12,17H,4,6-10,13H2,1-2H3. The molecule has 1 unspecified atom stereocenters. The molecule has 138 valence electrons. The molecule has 7 heteroatoms. The average Bonchev–Trinajstić information content (AvgIpc) is 3.28. The van der Waals surface area contributed by atoms with Crippen LogP contribution in [0.4, 0.5) is 5.69 Å². The van der Waals surface area contributed by atoms with Gasteiger partial charge in [-0.05, 0) is 38.5 Å². The molecule has 0 N–H and O–H groups in total. The van der Waals surface area contributed by atoms with Crippen molar-refractivity contribution < 1.29 is 9.53 Å². The van der Waals surface area contributed by atoms with Crippen molar-refractivity contribution in [1.82, 2.24) is 19.7 Å². The van der Waals surface area contributed by atoms with E-state index in [9.17, 15) is 4.79 Å². The minimum absolute atomic E-state index is 0.00978. The van der Waals surface area contributed by atoms with Crippen LogP contribution in [0.2, 0.25) is 0 Å². The van der Waals surface area contributed by atoms with Crippen LogP contribution in [0, 0.1) is 13.8 Å². The number of anilines is 1. The first kappa shape index (κ1) is 17.0. The zero-order valence-corrected chi connectivity index (χ0v) is 15.4. The fraction of sp³-hybridized carbons (Fsp3) is 0.526. The first-order valence-electron chi connectivity index (χ1n) is 9.22. The van der Waals surface area contributed by atoms with Crippen LogP contribution in [0.25, 0.3) is 0 Å². The minimum atomic E-state index is -0.00978. The van der Waals surface area contributed by atoms with Gasteiger partial charge >= 0.3 is 0 Å². The molecule has 26 heavy (non-hydrogen) atoms. The Balaban J connectivity index is 1.48. The van der Waals surface area contributed by atoms with E-state index in [4.69, 9.17) is 4.74 Å². The lowest BCUT2D eigenvalue weighted by atomic mass is 10.2. The van der Waals surface area contributed by atoms with Crippen molar-refractivity contribution in [2.75, 3.05) is 44.3 Å². The Morgan fingerprint density at radius 3 is 2.73 bits per heavy atom. The van der Waals surface area contributed by atoms with E-state index < -0.39 is 0 Å². The van der Waals surface area contributed by atoms with Crippen LogP contribution < -0.4 is 4.90 Å². The van der Waals surface area contributed by atoms with Crippen molar-refractivity contribution in [2.45, 2.75) is 26.3 Å². The van der Waals surface area contributed by atoms with E-state index in [1.54, 1.807) is 6.20 Å². The molecule has 0 aliphatic carbocycles. The van der Waals surface area contributed by atoms with Crippen LogP contribution in [0.15, 0.2) is 24.4 Å². The molecular formula is C19H25N5O2. The van der Waals surface area contributed by atoms with Crippen molar-refractivity contribution in [3.05, 3.63) is 41.5 Å². The van der Waals surface area contributed by atoms with Gasteiger partial charge in [-0.15, -0.1) is 0 Å². The second-order valence-electron chi connectivity index (χ2n) is 7.06. The van der Waals surface area contributed by atoms with E-state index in [2.05, 4.69) is 32.7 Å². The highest BCUT2D eigenvalue weighted by atomic mass is 16.5. The fourth-order valence-corrected chi connectivity index (χ4v) is 3.85. The zero-order chi connectivity index (χ0) is 18.1. The lowest BCUT2D eigenvalue weighted by Crippen LogP contribution is -2.41. The number of aromatic nitrogens is 3. The molecule has 7 nitrogen and oxygen atoms in total. The minimum Gasteiger partial charge on any atom is -0.378 e. The van der Waals surface area contributed by atoms with Crippen LogP contribution in [0.3, 0.4) is 0 Å². The van der Waals surface area contributed by atoms with E-state index in [0.717, 1.165) is 30.9 Å². The summed E-state index contributed by atoms with van der Waals surface area (Å²) in [5.74, 6) is -0.00978. The van der Waals surface area contributed by atoms with Gasteiger partial charge in [0, 0.05) is 43.8 Å². The number of pyridine rings is 1. The van der Waals surface area contributed by atoms with Crippen molar-refractivity contribution in [1.29, 1.82) is 0 Å². The SMILES string of the molecule is Cc1cc(C)n(C2CCN(c3ccnc(C(=O)N4CCOCC4)c3)C2)n1. The quantitative estimate of drug-likeness (QED) is 0.840. The van der Waals surface area contributed by atoms with Crippen LogP contribution >= 0.6 is 0 Å². The Labute approximate surface area is 153 Å². The number of rotatable bonds is 3. The molecule has 0 saturated carbocycles. The molecule has 2 fully saturated rings. The molecule has 4 heterocycles. The smallest absolute Gasteiger partial charge is 0.272 e. The van der Waals surface area contributed by atoms with Gasteiger partial charge in [-0.3, -0.25) is 14.5 Å². The normalized spacial score (nSPS) is 20.6. The number of aryl methyl sites for hydroxylation is 2. The maximum atomic E-state index is 12.7. The molecule has 2 aliphatic rings. The number of morpholine rings is 1. The molecule has 1 atom stereocenters. The summed E-state index contributed by atoms with van der Waals surface area (Å²) in [6.07, 6.45) is 2.79. The predicted octanol–water partition coefficient (Wildman–Crippen LogP) is 1.82. The van der Waals surface area contributed by atoms with E-state index in [0.29, 0.717) is 38.0 Å². The molecule has 2 aromatic heterocycles. The van der Waals surface area contributed by atoms with Gasteiger partial charge in [-0.25, -0.2) is 0 Å². The van der Waals surface area contributed by atoms with E-state index in [1.807, 2.05) is 24.0 Å². The number of amides is 1. The summed E-state index contributed by atoms with van der Waals surface area (Å²) in [6, 6.07) is 6.39. The fourth-order valence-electron chi connectivity index (χ4n) is 3.85. The number of hydrogen-bond acceptors (Lipinski definition) is 5. The zero-order valence-electron chi connectivity index (χ0n) is 15.4. The molecule has 2 aliphatic heterocycles. The molecule has 0 spiro atoms. The highest BCUT2D eigenvalue weighted by Crippen LogP contribution is 2.28.